The first kappa shape index (κ1) is 14.2. The number of ether oxygens (including phenoxy) is 1. The first-order valence-corrected chi connectivity index (χ1v) is 6.37. The number of para-hydroxylation sites is 1. The number of anilines is 2. The molecule has 0 saturated heterocycles. The summed E-state index contributed by atoms with van der Waals surface area (Å²) in [7, 11) is 0. The van der Waals surface area contributed by atoms with Crippen molar-refractivity contribution in [3.63, 3.8) is 0 Å². The number of nitrogens with two attached hydrogens (primary N) is 1. The van der Waals surface area contributed by atoms with Crippen molar-refractivity contribution in [1.29, 1.82) is 5.26 Å². The van der Waals surface area contributed by atoms with E-state index in [1.807, 2.05) is 18.2 Å². The van der Waals surface area contributed by atoms with Crippen LogP contribution in [-0.4, -0.2) is 19.7 Å². The number of nitrogen functional groups attached to an aromatic ring is 1. The lowest BCUT2D eigenvalue weighted by Crippen LogP contribution is -2.24. The number of hydrogen-bond acceptors (Lipinski definition) is 4. The molecule has 0 fully saturated rings. The fourth-order valence-electron chi connectivity index (χ4n) is 1.78. The second-order valence-corrected chi connectivity index (χ2v) is 4.03. The van der Waals surface area contributed by atoms with Crippen LogP contribution >= 0.6 is 0 Å². The predicted octanol–water partition coefficient (Wildman–Crippen LogP) is 2.80. The molecule has 0 bridgehead atoms. The van der Waals surface area contributed by atoms with Gasteiger partial charge in [0.1, 0.15) is 5.75 Å². The molecule has 0 saturated carbocycles. The van der Waals surface area contributed by atoms with Crippen molar-refractivity contribution < 1.29 is 4.74 Å². The fraction of sp³-hybridized carbons (Fsp3) is 0.500. The molecule has 0 radical (unpaired) electrons. The largest absolute Gasteiger partial charge is 0.491 e. The second-order valence-electron chi connectivity index (χ2n) is 4.03. The maximum absolute atomic E-state index is 8.66. The summed E-state index contributed by atoms with van der Waals surface area (Å²) >= 11 is 0. The fourth-order valence-corrected chi connectivity index (χ4v) is 1.78. The summed E-state index contributed by atoms with van der Waals surface area (Å²) in [5.74, 6) is 0.727. The third-order valence-electron chi connectivity index (χ3n) is 2.72. The lowest BCUT2D eigenvalue weighted by Gasteiger charge is -2.24. The van der Waals surface area contributed by atoms with Gasteiger partial charge in [-0.25, -0.2) is 0 Å². The normalized spacial score (nSPS) is 9.83. The minimum absolute atomic E-state index is 0.493. The molecule has 0 aliphatic heterocycles. The van der Waals surface area contributed by atoms with E-state index in [4.69, 9.17) is 15.7 Å². The highest BCUT2D eigenvalue weighted by Crippen LogP contribution is 2.32. The Morgan fingerprint density at radius 2 is 2.17 bits per heavy atom. The summed E-state index contributed by atoms with van der Waals surface area (Å²) in [5, 5.41) is 8.66. The molecule has 1 aromatic rings. The molecule has 98 valence electrons. The molecule has 0 amide bonds. The predicted molar refractivity (Wildman–Crippen MR) is 74.8 cm³/mol. The lowest BCUT2D eigenvalue weighted by molar-refractivity contribution is 0.319. The van der Waals surface area contributed by atoms with E-state index >= 15 is 0 Å². The van der Waals surface area contributed by atoms with Gasteiger partial charge in [0, 0.05) is 13.1 Å². The minimum atomic E-state index is 0.493. The molecular formula is C14H21N3O. The molecule has 0 aliphatic rings. The third kappa shape index (κ3) is 3.56. The van der Waals surface area contributed by atoms with Crippen molar-refractivity contribution >= 4 is 11.4 Å². The molecule has 1 aromatic carbocycles. The van der Waals surface area contributed by atoms with Crippen LogP contribution in [0.5, 0.6) is 5.75 Å². The Labute approximate surface area is 109 Å². The molecule has 4 nitrogen and oxygen atoms in total. The van der Waals surface area contributed by atoms with Gasteiger partial charge in [-0.05, 0) is 25.5 Å². The van der Waals surface area contributed by atoms with E-state index in [1.165, 1.54) is 0 Å². The first-order chi connectivity index (χ1) is 8.74. The van der Waals surface area contributed by atoms with Crippen molar-refractivity contribution in [3.05, 3.63) is 18.2 Å². The molecule has 0 heterocycles. The van der Waals surface area contributed by atoms with Crippen LogP contribution in [0.4, 0.5) is 11.4 Å². The van der Waals surface area contributed by atoms with E-state index in [9.17, 15) is 0 Å². The Kier molecular flexibility index (Phi) is 5.86. The average molecular weight is 247 g/mol. The van der Waals surface area contributed by atoms with Gasteiger partial charge >= 0.3 is 0 Å². The number of nitrogens with zero attached hydrogens (tertiary/aromatic N) is 2. The summed E-state index contributed by atoms with van der Waals surface area (Å²) in [4.78, 5) is 2.09. The van der Waals surface area contributed by atoms with E-state index in [-0.39, 0.29) is 0 Å². The van der Waals surface area contributed by atoms with E-state index in [1.54, 1.807) is 0 Å². The van der Waals surface area contributed by atoms with Crippen molar-refractivity contribution in [2.45, 2.75) is 26.7 Å². The van der Waals surface area contributed by atoms with Crippen molar-refractivity contribution in [1.82, 2.24) is 0 Å². The average Bonchev–Trinajstić information content (AvgIpc) is 2.40. The highest BCUT2D eigenvalue weighted by molar-refractivity contribution is 5.74. The Bertz CT molecular complexity index is 412. The molecule has 0 atom stereocenters. The lowest BCUT2D eigenvalue weighted by atomic mass is 10.2. The van der Waals surface area contributed by atoms with Gasteiger partial charge in [0.2, 0.25) is 0 Å². The molecule has 4 heteroatoms. The summed E-state index contributed by atoms with van der Waals surface area (Å²) in [5.41, 5.74) is 7.73. The second kappa shape index (κ2) is 7.44. The monoisotopic (exact) mass is 247 g/mol. The van der Waals surface area contributed by atoms with Crippen molar-refractivity contribution in [3.8, 4) is 11.8 Å². The molecular weight excluding hydrogens is 226 g/mol. The van der Waals surface area contributed by atoms with E-state index < -0.39 is 0 Å². The van der Waals surface area contributed by atoms with Crippen LogP contribution in [0.25, 0.3) is 0 Å². The number of nitriles is 1. The van der Waals surface area contributed by atoms with Gasteiger partial charge < -0.3 is 15.4 Å². The van der Waals surface area contributed by atoms with Crippen LogP contribution in [0.3, 0.4) is 0 Å². The van der Waals surface area contributed by atoms with Crippen LogP contribution in [-0.2, 0) is 0 Å². The van der Waals surface area contributed by atoms with Crippen molar-refractivity contribution in [2.75, 3.05) is 30.3 Å². The van der Waals surface area contributed by atoms with Crippen molar-refractivity contribution in [2.24, 2.45) is 0 Å². The topological polar surface area (TPSA) is 62.3 Å². The molecule has 0 aromatic heterocycles. The van der Waals surface area contributed by atoms with Crippen LogP contribution in [0, 0.1) is 11.3 Å². The Hall–Kier alpha value is -1.89. The van der Waals surface area contributed by atoms with Gasteiger partial charge in [-0.2, -0.15) is 5.26 Å². The number of rotatable bonds is 7. The standard InChI is InChI=1S/C14H21N3O/c1-3-11-18-13-8-5-7-12(14(13)16)17(4-2)10-6-9-15/h5,7-8H,3-4,6,10-11,16H2,1-2H3. The summed E-state index contributed by atoms with van der Waals surface area (Å²) in [6, 6.07) is 7.94. The zero-order chi connectivity index (χ0) is 13.4. The van der Waals surface area contributed by atoms with Crippen LogP contribution < -0.4 is 15.4 Å². The SMILES string of the molecule is CCCOc1cccc(N(CC)CCC#N)c1N. The molecule has 1 rings (SSSR count). The van der Waals surface area contributed by atoms with Gasteiger partial charge in [-0.1, -0.05) is 13.0 Å². The zero-order valence-electron chi connectivity index (χ0n) is 11.1. The first-order valence-electron chi connectivity index (χ1n) is 6.37. The smallest absolute Gasteiger partial charge is 0.144 e. The Morgan fingerprint density at radius 3 is 2.78 bits per heavy atom. The summed E-state index contributed by atoms with van der Waals surface area (Å²) < 4.78 is 5.61. The highest BCUT2D eigenvalue weighted by Gasteiger charge is 2.11. The maximum atomic E-state index is 8.66. The zero-order valence-corrected chi connectivity index (χ0v) is 11.1. The van der Waals surface area contributed by atoms with E-state index in [2.05, 4.69) is 24.8 Å². The van der Waals surface area contributed by atoms with Crippen LogP contribution in [0.15, 0.2) is 18.2 Å². The maximum Gasteiger partial charge on any atom is 0.144 e. The van der Waals surface area contributed by atoms with Gasteiger partial charge in [0.05, 0.1) is 30.5 Å². The number of hydrogen-bond donors (Lipinski definition) is 1. The quantitative estimate of drug-likeness (QED) is 0.752. The van der Waals surface area contributed by atoms with Gasteiger partial charge in [0.25, 0.3) is 0 Å². The number of benzene rings is 1. The van der Waals surface area contributed by atoms with E-state index in [0.29, 0.717) is 25.3 Å². The Morgan fingerprint density at radius 1 is 1.39 bits per heavy atom. The summed E-state index contributed by atoms with van der Waals surface area (Å²) in [6.07, 6.45) is 1.45. The van der Waals surface area contributed by atoms with Gasteiger partial charge in [-0.15, -0.1) is 0 Å². The summed E-state index contributed by atoms with van der Waals surface area (Å²) in [6.45, 7) is 6.29. The molecule has 2 N–H and O–H groups in total. The molecule has 0 aliphatic carbocycles. The third-order valence-corrected chi connectivity index (χ3v) is 2.72. The van der Waals surface area contributed by atoms with Gasteiger partial charge in [0.15, 0.2) is 0 Å². The minimum Gasteiger partial charge on any atom is -0.491 e. The Balaban J connectivity index is 2.90. The highest BCUT2D eigenvalue weighted by atomic mass is 16.5. The van der Waals surface area contributed by atoms with Crippen LogP contribution in [0.2, 0.25) is 0 Å². The van der Waals surface area contributed by atoms with E-state index in [0.717, 1.165) is 24.4 Å². The molecule has 0 unspecified atom stereocenters. The molecule has 0 spiro atoms. The van der Waals surface area contributed by atoms with Crippen LogP contribution in [0.1, 0.15) is 26.7 Å². The van der Waals surface area contributed by atoms with Gasteiger partial charge in [-0.3, -0.25) is 0 Å². The molecule has 18 heavy (non-hydrogen) atoms.